The van der Waals surface area contributed by atoms with Crippen molar-refractivity contribution in [3.8, 4) is 10.6 Å². The second kappa shape index (κ2) is 6.37. The van der Waals surface area contributed by atoms with Crippen LogP contribution in [0.5, 0.6) is 0 Å². The molecule has 0 radical (unpaired) electrons. The maximum atomic E-state index is 11.8. The second-order valence-corrected chi connectivity index (χ2v) is 7.48. The first-order valence-corrected chi connectivity index (χ1v) is 8.53. The minimum atomic E-state index is -0.852. The van der Waals surface area contributed by atoms with E-state index in [0.717, 1.165) is 10.6 Å². The van der Waals surface area contributed by atoms with Gasteiger partial charge in [-0.3, -0.25) is 10.1 Å². The SMILES string of the molecule is CC1(C)C(=O)NC(=O)N1CCNc1nccc(-c2ccc(Cl)s2)n1. The zero-order valence-electron chi connectivity index (χ0n) is 13.2. The number of hydrogen-bond acceptors (Lipinski definition) is 6. The van der Waals surface area contributed by atoms with E-state index >= 15 is 0 Å². The van der Waals surface area contributed by atoms with Crippen molar-refractivity contribution in [2.45, 2.75) is 19.4 Å². The average Bonchev–Trinajstić information content (AvgIpc) is 3.04. The van der Waals surface area contributed by atoms with E-state index in [-0.39, 0.29) is 11.9 Å². The molecule has 0 saturated carbocycles. The normalized spacial score (nSPS) is 16.4. The van der Waals surface area contributed by atoms with Crippen LogP contribution in [0.15, 0.2) is 24.4 Å². The fourth-order valence-corrected chi connectivity index (χ4v) is 3.40. The van der Waals surface area contributed by atoms with Crippen LogP contribution in [0.2, 0.25) is 4.34 Å². The summed E-state index contributed by atoms with van der Waals surface area (Å²) in [6.07, 6.45) is 1.66. The Labute approximate surface area is 148 Å². The van der Waals surface area contributed by atoms with Gasteiger partial charge in [-0.05, 0) is 32.0 Å². The monoisotopic (exact) mass is 365 g/mol. The van der Waals surface area contributed by atoms with Crippen LogP contribution in [0.4, 0.5) is 10.7 Å². The van der Waals surface area contributed by atoms with Crippen LogP contribution in [0.25, 0.3) is 10.6 Å². The fraction of sp³-hybridized carbons (Fsp3) is 0.333. The highest BCUT2D eigenvalue weighted by Gasteiger charge is 2.44. The number of rotatable bonds is 5. The minimum Gasteiger partial charge on any atom is -0.352 e. The lowest BCUT2D eigenvalue weighted by Crippen LogP contribution is -2.46. The number of carbonyl (C=O) groups excluding carboxylic acids is 2. The maximum absolute atomic E-state index is 11.8. The van der Waals surface area contributed by atoms with Crippen LogP contribution in [-0.4, -0.2) is 45.4 Å². The van der Waals surface area contributed by atoms with Gasteiger partial charge in [0.1, 0.15) is 5.54 Å². The van der Waals surface area contributed by atoms with Crippen LogP contribution >= 0.6 is 22.9 Å². The highest BCUT2D eigenvalue weighted by Crippen LogP contribution is 2.29. The summed E-state index contributed by atoms with van der Waals surface area (Å²) in [5, 5.41) is 5.39. The smallest absolute Gasteiger partial charge is 0.325 e. The summed E-state index contributed by atoms with van der Waals surface area (Å²) in [6, 6.07) is 5.15. The molecule has 0 atom stereocenters. The Hall–Kier alpha value is -2.19. The van der Waals surface area contributed by atoms with Gasteiger partial charge in [0, 0.05) is 19.3 Å². The first kappa shape index (κ1) is 16.7. The topological polar surface area (TPSA) is 87.2 Å². The van der Waals surface area contributed by atoms with Crippen molar-refractivity contribution in [1.82, 2.24) is 20.2 Å². The quantitative estimate of drug-likeness (QED) is 0.795. The van der Waals surface area contributed by atoms with Gasteiger partial charge in [0.25, 0.3) is 5.91 Å². The molecule has 0 spiro atoms. The molecule has 9 heteroatoms. The Morgan fingerprint density at radius 2 is 2.12 bits per heavy atom. The fourth-order valence-electron chi connectivity index (χ4n) is 2.39. The Balaban J connectivity index is 1.63. The molecule has 3 rings (SSSR count). The second-order valence-electron chi connectivity index (χ2n) is 5.77. The molecule has 1 aliphatic rings. The number of halogens is 1. The molecular formula is C15H16ClN5O2S. The number of urea groups is 1. The van der Waals surface area contributed by atoms with E-state index in [1.165, 1.54) is 16.2 Å². The Morgan fingerprint density at radius 1 is 1.33 bits per heavy atom. The number of nitrogens with one attached hydrogen (secondary N) is 2. The summed E-state index contributed by atoms with van der Waals surface area (Å²) in [4.78, 5) is 34.6. The molecule has 2 aromatic heterocycles. The van der Waals surface area contributed by atoms with Crippen molar-refractivity contribution in [3.63, 3.8) is 0 Å². The molecule has 0 bridgehead atoms. The zero-order valence-corrected chi connectivity index (χ0v) is 14.7. The molecule has 1 aliphatic heterocycles. The van der Waals surface area contributed by atoms with Gasteiger partial charge >= 0.3 is 6.03 Å². The van der Waals surface area contributed by atoms with E-state index in [1.807, 2.05) is 18.2 Å². The molecule has 3 heterocycles. The third kappa shape index (κ3) is 3.20. The number of imide groups is 1. The van der Waals surface area contributed by atoms with E-state index in [4.69, 9.17) is 11.6 Å². The summed E-state index contributed by atoms with van der Waals surface area (Å²) in [6.45, 7) is 4.22. The molecule has 24 heavy (non-hydrogen) atoms. The van der Waals surface area contributed by atoms with E-state index in [2.05, 4.69) is 20.6 Å². The first-order valence-electron chi connectivity index (χ1n) is 7.33. The summed E-state index contributed by atoms with van der Waals surface area (Å²) in [7, 11) is 0. The van der Waals surface area contributed by atoms with Crippen molar-refractivity contribution in [2.24, 2.45) is 0 Å². The predicted molar refractivity (Wildman–Crippen MR) is 93.2 cm³/mol. The summed E-state index contributed by atoms with van der Waals surface area (Å²) < 4.78 is 0.699. The third-order valence-corrected chi connectivity index (χ3v) is 5.05. The third-order valence-electron chi connectivity index (χ3n) is 3.80. The number of hydrogen-bond donors (Lipinski definition) is 2. The maximum Gasteiger partial charge on any atom is 0.325 e. The molecule has 2 N–H and O–H groups in total. The molecule has 3 amide bonds. The lowest BCUT2D eigenvalue weighted by atomic mass is 10.0. The van der Waals surface area contributed by atoms with Gasteiger partial charge in [-0.2, -0.15) is 0 Å². The van der Waals surface area contributed by atoms with Crippen molar-refractivity contribution in [3.05, 3.63) is 28.7 Å². The van der Waals surface area contributed by atoms with Crippen molar-refractivity contribution in [1.29, 1.82) is 0 Å². The van der Waals surface area contributed by atoms with Crippen LogP contribution < -0.4 is 10.6 Å². The van der Waals surface area contributed by atoms with E-state index < -0.39 is 5.54 Å². The number of thiophene rings is 1. The van der Waals surface area contributed by atoms with Crippen molar-refractivity contribution >= 4 is 40.8 Å². The van der Waals surface area contributed by atoms with Gasteiger partial charge in [0.15, 0.2) is 0 Å². The molecule has 1 saturated heterocycles. The molecular weight excluding hydrogens is 350 g/mol. The highest BCUT2D eigenvalue weighted by atomic mass is 35.5. The zero-order chi connectivity index (χ0) is 17.3. The number of amides is 3. The largest absolute Gasteiger partial charge is 0.352 e. The average molecular weight is 366 g/mol. The van der Waals surface area contributed by atoms with E-state index in [0.29, 0.717) is 23.4 Å². The van der Waals surface area contributed by atoms with Crippen molar-refractivity contribution < 1.29 is 9.59 Å². The number of aromatic nitrogens is 2. The Bertz CT molecular complexity index is 792. The molecule has 0 aromatic carbocycles. The number of carbonyl (C=O) groups is 2. The Kier molecular flexibility index (Phi) is 4.42. The molecule has 7 nitrogen and oxygen atoms in total. The van der Waals surface area contributed by atoms with E-state index in [9.17, 15) is 9.59 Å². The standard InChI is InChI=1S/C15H16ClN5O2S/c1-15(2)12(22)20-14(23)21(15)8-7-18-13-17-6-5-9(19-13)10-3-4-11(16)24-10/h3-6H,7-8H2,1-2H3,(H,17,18,19)(H,20,22,23). The summed E-state index contributed by atoms with van der Waals surface area (Å²) in [5.74, 6) is 0.168. The molecule has 126 valence electrons. The minimum absolute atomic E-state index is 0.291. The lowest BCUT2D eigenvalue weighted by molar-refractivity contribution is -0.125. The first-order chi connectivity index (χ1) is 11.4. The summed E-state index contributed by atoms with van der Waals surface area (Å²) in [5.41, 5.74) is -0.0753. The van der Waals surface area contributed by atoms with Crippen molar-refractivity contribution in [2.75, 3.05) is 18.4 Å². The predicted octanol–water partition coefficient (Wildman–Crippen LogP) is 2.60. The van der Waals surface area contributed by atoms with Gasteiger partial charge < -0.3 is 10.2 Å². The molecule has 2 aromatic rings. The summed E-state index contributed by atoms with van der Waals surface area (Å²) >= 11 is 7.39. The van der Waals surface area contributed by atoms with Gasteiger partial charge in [-0.15, -0.1) is 11.3 Å². The van der Waals surface area contributed by atoms with Crippen LogP contribution in [0, 0.1) is 0 Å². The van der Waals surface area contributed by atoms with E-state index in [1.54, 1.807) is 20.0 Å². The highest BCUT2D eigenvalue weighted by molar-refractivity contribution is 7.19. The van der Waals surface area contributed by atoms with Crippen LogP contribution in [0.3, 0.4) is 0 Å². The Morgan fingerprint density at radius 3 is 2.75 bits per heavy atom. The number of nitrogens with zero attached hydrogens (tertiary/aromatic N) is 3. The van der Waals surface area contributed by atoms with Gasteiger partial charge in [0.05, 0.1) is 14.9 Å². The van der Waals surface area contributed by atoms with Gasteiger partial charge in [-0.1, -0.05) is 11.6 Å². The molecule has 0 unspecified atom stereocenters. The number of anilines is 1. The lowest BCUT2D eigenvalue weighted by Gasteiger charge is -2.27. The van der Waals surface area contributed by atoms with Crippen LogP contribution in [-0.2, 0) is 4.79 Å². The molecule has 0 aliphatic carbocycles. The van der Waals surface area contributed by atoms with Gasteiger partial charge in [-0.25, -0.2) is 14.8 Å². The van der Waals surface area contributed by atoms with Crippen LogP contribution in [0.1, 0.15) is 13.8 Å². The van der Waals surface area contributed by atoms with Gasteiger partial charge in [0.2, 0.25) is 5.95 Å². The molecule has 1 fully saturated rings.